The summed E-state index contributed by atoms with van der Waals surface area (Å²) < 4.78 is 29.2. The van der Waals surface area contributed by atoms with Crippen molar-refractivity contribution in [1.82, 2.24) is 9.97 Å². The Bertz CT molecular complexity index is 916. The quantitative estimate of drug-likeness (QED) is 0.826. The van der Waals surface area contributed by atoms with Gasteiger partial charge in [-0.3, -0.25) is 0 Å². The van der Waals surface area contributed by atoms with Gasteiger partial charge in [0, 0.05) is 36.2 Å². The highest BCUT2D eigenvalue weighted by Gasteiger charge is 2.27. The average Bonchev–Trinajstić information content (AvgIpc) is 2.80. The van der Waals surface area contributed by atoms with E-state index in [1.807, 2.05) is 19.1 Å². The summed E-state index contributed by atoms with van der Waals surface area (Å²) in [7, 11) is -3.15. The van der Waals surface area contributed by atoms with Crippen molar-refractivity contribution in [1.29, 1.82) is 0 Å². The highest BCUT2D eigenvalue weighted by atomic mass is 35.5. The van der Waals surface area contributed by atoms with Crippen LogP contribution in [0.3, 0.4) is 0 Å². The van der Waals surface area contributed by atoms with Crippen LogP contribution in [0.4, 0.5) is 11.8 Å². The maximum atomic E-state index is 11.7. The Balaban J connectivity index is 2.04. The molecule has 27 heavy (non-hydrogen) atoms. The summed E-state index contributed by atoms with van der Waals surface area (Å²) in [6.07, 6.45) is 2.05. The molecule has 1 aromatic heterocycles. The largest absolute Gasteiger partial charge is 0.379 e. The van der Waals surface area contributed by atoms with Crippen molar-refractivity contribution < 1.29 is 13.2 Å². The van der Waals surface area contributed by atoms with Crippen molar-refractivity contribution in [3.8, 4) is 0 Å². The number of aromatic nitrogens is 2. The molecule has 1 saturated heterocycles. The Hall–Kier alpha value is -1.90. The first kappa shape index (κ1) is 19.9. The Kier molecular flexibility index (Phi) is 5.88. The molecule has 0 spiro atoms. The third-order valence-electron chi connectivity index (χ3n) is 4.34. The third-order valence-corrected chi connectivity index (χ3v) is 5.54. The predicted molar refractivity (Wildman–Crippen MR) is 107 cm³/mol. The Morgan fingerprint density at radius 1 is 1.33 bits per heavy atom. The minimum Gasteiger partial charge on any atom is -0.379 e. The van der Waals surface area contributed by atoms with Crippen molar-refractivity contribution in [2.75, 3.05) is 36.6 Å². The molecular formula is C18H23ClN4O3S. The molecule has 3 rings (SSSR count). The summed E-state index contributed by atoms with van der Waals surface area (Å²) in [6, 6.07) is 6.99. The first-order chi connectivity index (χ1) is 12.7. The lowest BCUT2D eigenvalue weighted by Gasteiger charge is -2.31. The number of hydrogen-bond donors (Lipinski definition) is 1. The topological polar surface area (TPSA) is 98.4 Å². The number of nitrogens with two attached hydrogens (primary N) is 1. The number of benzene rings is 1. The van der Waals surface area contributed by atoms with Crippen LogP contribution >= 0.6 is 11.6 Å². The van der Waals surface area contributed by atoms with Gasteiger partial charge in [0.1, 0.15) is 5.82 Å². The fourth-order valence-corrected chi connectivity index (χ4v) is 4.30. The van der Waals surface area contributed by atoms with E-state index in [-0.39, 0.29) is 17.7 Å². The van der Waals surface area contributed by atoms with Gasteiger partial charge in [-0.15, -0.1) is 0 Å². The zero-order chi connectivity index (χ0) is 19.6. The number of rotatable bonds is 4. The van der Waals surface area contributed by atoms with E-state index < -0.39 is 9.84 Å². The Labute approximate surface area is 164 Å². The van der Waals surface area contributed by atoms with Crippen LogP contribution in [-0.2, 0) is 20.3 Å². The van der Waals surface area contributed by atoms with Crippen molar-refractivity contribution in [3.63, 3.8) is 0 Å². The van der Waals surface area contributed by atoms with Gasteiger partial charge in [0.05, 0.1) is 18.4 Å². The van der Waals surface area contributed by atoms with Crippen LogP contribution in [-0.4, -0.2) is 44.4 Å². The number of halogens is 1. The number of sulfone groups is 1. The summed E-state index contributed by atoms with van der Waals surface area (Å²) in [5, 5.41) is 0.562. The lowest BCUT2D eigenvalue weighted by atomic mass is 10.0. The van der Waals surface area contributed by atoms with Gasteiger partial charge in [-0.05, 0) is 30.5 Å². The summed E-state index contributed by atoms with van der Waals surface area (Å²) in [4.78, 5) is 10.6. The molecule has 9 heteroatoms. The molecule has 1 fully saturated rings. The van der Waals surface area contributed by atoms with Crippen LogP contribution in [0.25, 0.3) is 0 Å². The number of ether oxygens (including phenoxy) is 1. The van der Waals surface area contributed by atoms with E-state index in [1.54, 1.807) is 12.1 Å². The average molecular weight is 411 g/mol. The highest BCUT2D eigenvalue weighted by Crippen LogP contribution is 2.34. The lowest BCUT2D eigenvalue weighted by Crippen LogP contribution is -2.32. The Morgan fingerprint density at radius 2 is 2.11 bits per heavy atom. The van der Waals surface area contributed by atoms with Crippen LogP contribution < -0.4 is 10.6 Å². The maximum Gasteiger partial charge on any atom is 0.222 e. The molecule has 2 heterocycles. The summed E-state index contributed by atoms with van der Waals surface area (Å²) in [5.74, 6) is 0.885. The van der Waals surface area contributed by atoms with Gasteiger partial charge in [0.25, 0.3) is 0 Å². The second-order valence-corrected chi connectivity index (χ2v) is 9.34. The minimum absolute atomic E-state index is 0.0374. The van der Waals surface area contributed by atoms with Gasteiger partial charge < -0.3 is 15.4 Å². The van der Waals surface area contributed by atoms with Gasteiger partial charge in [-0.1, -0.05) is 23.7 Å². The minimum atomic E-state index is -3.15. The zero-order valence-corrected chi connectivity index (χ0v) is 16.9. The standard InChI is InChI=1S/C18H23ClN4O3S/c1-12-8-17(22-18(20)21-12)23-6-3-7-26-10-16(23)14-9-13(4-5-15(14)19)11-27(2,24)25/h4-5,8-9,16H,3,6-7,10-11H2,1-2H3,(H2,20,21,22). The van der Waals surface area contributed by atoms with E-state index in [2.05, 4.69) is 14.9 Å². The summed E-state index contributed by atoms with van der Waals surface area (Å²) >= 11 is 6.48. The molecule has 0 aliphatic carbocycles. The van der Waals surface area contributed by atoms with Gasteiger partial charge in [0.2, 0.25) is 5.95 Å². The molecular weight excluding hydrogens is 388 g/mol. The molecule has 1 aliphatic rings. The number of aryl methyl sites for hydroxylation is 1. The molecule has 2 aromatic rings. The van der Waals surface area contributed by atoms with E-state index in [4.69, 9.17) is 22.1 Å². The van der Waals surface area contributed by atoms with Gasteiger partial charge in [0.15, 0.2) is 9.84 Å². The molecule has 1 aliphatic heterocycles. The van der Waals surface area contributed by atoms with Crippen LogP contribution in [0.2, 0.25) is 5.02 Å². The van der Waals surface area contributed by atoms with Gasteiger partial charge >= 0.3 is 0 Å². The smallest absolute Gasteiger partial charge is 0.222 e. The van der Waals surface area contributed by atoms with Crippen LogP contribution in [0, 0.1) is 6.92 Å². The number of anilines is 2. The molecule has 1 aromatic carbocycles. The molecule has 0 saturated carbocycles. The molecule has 0 radical (unpaired) electrons. The van der Waals surface area contributed by atoms with Crippen molar-refractivity contribution in [3.05, 3.63) is 46.1 Å². The van der Waals surface area contributed by atoms with Gasteiger partial charge in [-0.25, -0.2) is 13.4 Å². The van der Waals surface area contributed by atoms with Crippen molar-refractivity contribution >= 4 is 33.2 Å². The molecule has 0 bridgehead atoms. The van der Waals surface area contributed by atoms with E-state index >= 15 is 0 Å². The first-order valence-corrected chi connectivity index (χ1v) is 11.1. The normalized spacial score (nSPS) is 18.3. The van der Waals surface area contributed by atoms with Crippen LogP contribution in [0.1, 0.15) is 29.3 Å². The number of nitrogens with zero attached hydrogens (tertiary/aromatic N) is 3. The molecule has 1 unspecified atom stereocenters. The molecule has 2 N–H and O–H groups in total. The fourth-order valence-electron chi connectivity index (χ4n) is 3.27. The second kappa shape index (κ2) is 8.00. The molecule has 1 atom stereocenters. The SMILES string of the molecule is Cc1cc(N2CCCOCC2c2cc(CS(C)(=O)=O)ccc2Cl)nc(N)n1. The van der Waals surface area contributed by atoms with E-state index in [1.165, 1.54) is 6.26 Å². The number of hydrogen-bond acceptors (Lipinski definition) is 7. The molecule has 146 valence electrons. The lowest BCUT2D eigenvalue weighted by molar-refractivity contribution is 0.134. The summed E-state index contributed by atoms with van der Waals surface area (Å²) in [6.45, 7) is 3.63. The highest BCUT2D eigenvalue weighted by molar-refractivity contribution is 7.89. The first-order valence-electron chi connectivity index (χ1n) is 8.64. The molecule has 0 amide bonds. The van der Waals surface area contributed by atoms with Crippen molar-refractivity contribution in [2.24, 2.45) is 0 Å². The predicted octanol–water partition coefficient (Wildman–Crippen LogP) is 2.53. The third kappa shape index (κ3) is 5.09. The van der Waals surface area contributed by atoms with Crippen LogP contribution in [0.5, 0.6) is 0 Å². The van der Waals surface area contributed by atoms with E-state index in [0.717, 1.165) is 17.7 Å². The second-order valence-electron chi connectivity index (χ2n) is 6.79. The van der Waals surface area contributed by atoms with Crippen LogP contribution in [0.15, 0.2) is 24.3 Å². The van der Waals surface area contributed by atoms with Crippen molar-refractivity contribution in [2.45, 2.75) is 25.1 Å². The van der Waals surface area contributed by atoms with Gasteiger partial charge in [-0.2, -0.15) is 4.98 Å². The maximum absolute atomic E-state index is 11.7. The molecule has 7 nitrogen and oxygen atoms in total. The fraction of sp³-hybridized carbons (Fsp3) is 0.444. The van der Waals surface area contributed by atoms with E-state index in [9.17, 15) is 8.42 Å². The Morgan fingerprint density at radius 3 is 2.81 bits per heavy atom. The number of nitrogen functional groups attached to an aromatic ring is 1. The van der Waals surface area contributed by atoms with E-state index in [0.29, 0.717) is 36.2 Å². The summed E-state index contributed by atoms with van der Waals surface area (Å²) in [5.41, 5.74) is 8.12. The zero-order valence-electron chi connectivity index (χ0n) is 15.4. The monoisotopic (exact) mass is 410 g/mol.